The molecule has 2 N–H and O–H groups in total. The Labute approximate surface area is 103 Å². The fourth-order valence-electron chi connectivity index (χ4n) is 1.63. The third kappa shape index (κ3) is 3.58. The molecule has 0 fully saturated rings. The van der Waals surface area contributed by atoms with Crippen LogP contribution in [0.3, 0.4) is 0 Å². The Morgan fingerprint density at radius 2 is 2.00 bits per heavy atom. The average molecular weight is 241 g/mol. The summed E-state index contributed by atoms with van der Waals surface area (Å²) in [4.78, 5) is 2.68. The molecule has 1 atom stereocenters. The van der Waals surface area contributed by atoms with E-state index >= 15 is 0 Å². The second kappa shape index (κ2) is 5.80. The topological polar surface area (TPSA) is 32.3 Å². The minimum atomic E-state index is -0.555. The summed E-state index contributed by atoms with van der Waals surface area (Å²) in [6.45, 7) is 9.00. The highest BCUT2D eigenvalue weighted by atomic mass is 32.1. The van der Waals surface area contributed by atoms with E-state index in [1.165, 1.54) is 9.75 Å². The van der Waals surface area contributed by atoms with E-state index < -0.39 is 5.60 Å². The van der Waals surface area contributed by atoms with Crippen LogP contribution in [0, 0.1) is 6.92 Å². The lowest BCUT2D eigenvalue weighted by atomic mass is 9.97. The van der Waals surface area contributed by atoms with E-state index in [-0.39, 0.29) is 0 Å². The van der Waals surface area contributed by atoms with E-state index in [0.717, 1.165) is 12.8 Å². The van der Waals surface area contributed by atoms with Crippen LogP contribution in [0.1, 0.15) is 49.4 Å². The van der Waals surface area contributed by atoms with Crippen molar-refractivity contribution in [2.45, 2.75) is 52.2 Å². The minimum absolute atomic E-state index is 0.323. The summed E-state index contributed by atoms with van der Waals surface area (Å²) in [5, 5.41) is 13.6. The molecule has 0 aliphatic heterocycles. The summed E-state index contributed by atoms with van der Waals surface area (Å²) in [5.41, 5.74) is -0.555. The van der Waals surface area contributed by atoms with E-state index in [1.54, 1.807) is 0 Å². The maximum Gasteiger partial charge on any atom is 0.0766 e. The van der Waals surface area contributed by atoms with E-state index in [9.17, 15) is 5.11 Å². The molecule has 1 unspecified atom stereocenters. The van der Waals surface area contributed by atoms with Gasteiger partial charge in [0.05, 0.1) is 5.60 Å². The van der Waals surface area contributed by atoms with Crippen molar-refractivity contribution < 1.29 is 5.11 Å². The van der Waals surface area contributed by atoms with Gasteiger partial charge in [-0.15, -0.1) is 11.3 Å². The van der Waals surface area contributed by atoms with E-state index in [4.69, 9.17) is 0 Å². The minimum Gasteiger partial charge on any atom is -0.389 e. The zero-order chi connectivity index (χ0) is 12.2. The third-order valence-electron chi connectivity index (χ3n) is 3.24. The zero-order valence-corrected chi connectivity index (χ0v) is 11.5. The molecule has 0 amide bonds. The van der Waals surface area contributed by atoms with Gasteiger partial charge in [0, 0.05) is 22.3 Å². The van der Waals surface area contributed by atoms with E-state index in [0.29, 0.717) is 12.6 Å². The molecule has 1 rings (SSSR count). The molecule has 3 heteroatoms. The molecule has 92 valence electrons. The van der Waals surface area contributed by atoms with Crippen molar-refractivity contribution >= 4 is 11.3 Å². The van der Waals surface area contributed by atoms with Gasteiger partial charge in [-0.05, 0) is 38.8 Å². The van der Waals surface area contributed by atoms with Gasteiger partial charge in [0.1, 0.15) is 0 Å². The fourth-order valence-corrected chi connectivity index (χ4v) is 2.53. The van der Waals surface area contributed by atoms with Gasteiger partial charge >= 0.3 is 0 Å². The van der Waals surface area contributed by atoms with Crippen LogP contribution in [0.5, 0.6) is 0 Å². The normalized spacial score (nSPS) is 14.1. The molecule has 0 aliphatic carbocycles. The summed E-state index contributed by atoms with van der Waals surface area (Å²) in [7, 11) is 0. The van der Waals surface area contributed by atoms with Crippen molar-refractivity contribution in [3.63, 3.8) is 0 Å². The Bertz CT molecular complexity index is 317. The van der Waals surface area contributed by atoms with Crippen molar-refractivity contribution in [3.05, 3.63) is 21.9 Å². The molecule has 0 saturated carbocycles. The Hall–Kier alpha value is -0.380. The predicted molar refractivity (Wildman–Crippen MR) is 71.0 cm³/mol. The third-order valence-corrected chi connectivity index (χ3v) is 4.42. The number of rotatable bonds is 6. The Morgan fingerprint density at radius 3 is 2.44 bits per heavy atom. The molecular formula is C13H23NOS. The first kappa shape index (κ1) is 13.7. The highest BCUT2D eigenvalue weighted by Gasteiger charge is 2.22. The molecule has 0 aromatic carbocycles. The largest absolute Gasteiger partial charge is 0.389 e. The van der Waals surface area contributed by atoms with E-state index in [1.807, 2.05) is 25.2 Å². The second-order valence-electron chi connectivity index (χ2n) is 4.48. The molecule has 0 saturated heterocycles. The van der Waals surface area contributed by atoms with Crippen LogP contribution in [0.4, 0.5) is 0 Å². The first-order valence-corrected chi connectivity index (χ1v) is 6.84. The van der Waals surface area contributed by atoms with Crippen LogP contribution in [-0.4, -0.2) is 17.3 Å². The fraction of sp³-hybridized carbons (Fsp3) is 0.692. The Balaban J connectivity index is 2.49. The average Bonchev–Trinajstić information content (AvgIpc) is 2.72. The molecule has 16 heavy (non-hydrogen) atoms. The second-order valence-corrected chi connectivity index (χ2v) is 5.80. The van der Waals surface area contributed by atoms with Crippen molar-refractivity contribution in [3.8, 4) is 0 Å². The van der Waals surface area contributed by atoms with Crippen molar-refractivity contribution in [2.24, 2.45) is 0 Å². The van der Waals surface area contributed by atoms with Crippen molar-refractivity contribution in [1.29, 1.82) is 0 Å². The van der Waals surface area contributed by atoms with E-state index in [2.05, 4.69) is 31.3 Å². The maximum absolute atomic E-state index is 10.2. The molecule has 0 bridgehead atoms. The van der Waals surface area contributed by atoms with Gasteiger partial charge < -0.3 is 10.4 Å². The van der Waals surface area contributed by atoms with Crippen LogP contribution in [0.2, 0.25) is 0 Å². The number of aliphatic hydroxyl groups is 1. The first-order chi connectivity index (χ1) is 7.50. The van der Waals surface area contributed by atoms with Gasteiger partial charge in [-0.25, -0.2) is 0 Å². The molecule has 0 aliphatic rings. The van der Waals surface area contributed by atoms with Gasteiger partial charge in [-0.3, -0.25) is 0 Å². The predicted octanol–water partition coefficient (Wildman–Crippen LogP) is 3.26. The molecule has 2 nitrogen and oxygen atoms in total. The SMILES string of the molecule is CCC(O)(CC)CNC(C)c1ccc(C)s1. The van der Waals surface area contributed by atoms with Gasteiger partial charge in [0.15, 0.2) is 0 Å². The van der Waals surface area contributed by atoms with Crippen LogP contribution in [0.15, 0.2) is 12.1 Å². The highest BCUT2D eigenvalue weighted by Crippen LogP contribution is 2.23. The molecule has 0 radical (unpaired) electrons. The summed E-state index contributed by atoms with van der Waals surface area (Å²) in [6.07, 6.45) is 1.60. The smallest absolute Gasteiger partial charge is 0.0766 e. The number of hydrogen-bond acceptors (Lipinski definition) is 3. The van der Waals surface area contributed by atoms with Crippen LogP contribution >= 0.6 is 11.3 Å². The molecule has 1 aromatic rings. The number of hydrogen-bond donors (Lipinski definition) is 2. The summed E-state index contributed by atoms with van der Waals surface area (Å²) in [6, 6.07) is 4.63. The number of thiophene rings is 1. The Morgan fingerprint density at radius 1 is 1.38 bits per heavy atom. The number of aryl methyl sites for hydroxylation is 1. The lowest BCUT2D eigenvalue weighted by molar-refractivity contribution is 0.0304. The zero-order valence-electron chi connectivity index (χ0n) is 10.7. The summed E-state index contributed by atoms with van der Waals surface area (Å²) < 4.78 is 0. The maximum atomic E-state index is 10.2. The van der Waals surface area contributed by atoms with Crippen LogP contribution < -0.4 is 5.32 Å². The van der Waals surface area contributed by atoms with Gasteiger partial charge in [-0.1, -0.05) is 13.8 Å². The number of nitrogens with one attached hydrogen (secondary N) is 1. The van der Waals surface area contributed by atoms with Crippen LogP contribution in [0.25, 0.3) is 0 Å². The standard InChI is InChI=1S/C13H23NOS/c1-5-13(15,6-2)9-14-11(4)12-8-7-10(3)16-12/h7-8,11,14-15H,5-6,9H2,1-4H3. The lowest BCUT2D eigenvalue weighted by Gasteiger charge is -2.27. The first-order valence-electron chi connectivity index (χ1n) is 6.03. The van der Waals surface area contributed by atoms with Gasteiger partial charge in [0.25, 0.3) is 0 Å². The molecule has 1 heterocycles. The summed E-state index contributed by atoms with van der Waals surface area (Å²) >= 11 is 1.82. The van der Waals surface area contributed by atoms with Crippen molar-refractivity contribution in [1.82, 2.24) is 5.32 Å². The van der Waals surface area contributed by atoms with Gasteiger partial charge in [-0.2, -0.15) is 0 Å². The molecule has 0 spiro atoms. The highest BCUT2D eigenvalue weighted by molar-refractivity contribution is 7.12. The summed E-state index contributed by atoms with van der Waals surface area (Å²) in [5.74, 6) is 0. The molecule has 1 aromatic heterocycles. The molecular weight excluding hydrogens is 218 g/mol. The Kier molecular flexibility index (Phi) is 4.96. The van der Waals surface area contributed by atoms with Gasteiger partial charge in [0.2, 0.25) is 0 Å². The quantitative estimate of drug-likeness (QED) is 0.801. The monoisotopic (exact) mass is 241 g/mol. The van der Waals surface area contributed by atoms with Crippen molar-refractivity contribution in [2.75, 3.05) is 6.54 Å². The lowest BCUT2D eigenvalue weighted by Crippen LogP contribution is -2.40. The van der Waals surface area contributed by atoms with Crippen LogP contribution in [-0.2, 0) is 0 Å².